The van der Waals surface area contributed by atoms with Gasteiger partial charge in [0.05, 0.1) is 11.4 Å². The van der Waals surface area contributed by atoms with E-state index in [0.717, 1.165) is 10.4 Å². The SMILES string of the molecule is Cc1cc(C(=O)NCC(N)=NO)sc1C. The van der Waals surface area contributed by atoms with Gasteiger partial charge in [-0.2, -0.15) is 0 Å². The van der Waals surface area contributed by atoms with E-state index in [-0.39, 0.29) is 18.3 Å². The molecule has 0 aliphatic rings. The molecule has 0 spiro atoms. The summed E-state index contributed by atoms with van der Waals surface area (Å²) in [6.45, 7) is 3.96. The minimum absolute atomic E-state index is 0.0200. The Hall–Kier alpha value is -1.56. The Morgan fingerprint density at radius 3 is 2.80 bits per heavy atom. The third-order valence-electron chi connectivity index (χ3n) is 1.95. The van der Waals surface area contributed by atoms with Gasteiger partial charge in [-0.05, 0) is 25.5 Å². The van der Waals surface area contributed by atoms with Crippen molar-refractivity contribution in [3.05, 3.63) is 21.4 Å². The number of amidine groups is 1. The first-order valence-corrected chi connectivity index (χ1v) is 5.18. The summed E-state index contributed by atoms with van der Waals surface area (Å²) < 4.78 is 0. The highest BCUT2D eigenvalue weighted by Crippen LogP contribution is 2.20. The van der Waals surface area contributed by atoms with Crippen LogP contribution in [-0.2, 0) is 0 Å². The van der Waals surface area contributed by atoms with Gasteiger partial charge in [-0.25, -0.2) is 0 Å². The molecule has 82 valence electrons. The summed E-state index contributed by atoms with van der Waals surface area (Å²) in [5.41, 5.74) is 6.31. The fourth-order valence-electron chi connectivity index (χ4n) is 0.978. The number of hydrogen-bond donors (Lipinski definition) is 3. The molecule has 0 unspecified atom stereocenters. The molecule has 0 aliphatic heterocycles. The molecule has 0 atom stereocenters. The lowest BCUT2D eigenvalue weighted by Gasteiger charge is -2.00. The quantitative estimate of drug-likeness (QED) is 0.309. The van der Waals surface area contributed by atoms with Gasteiger partial charge in [0.25, 0.3) is 5.91 Å². The smallest absolute Gasteiger partial charge is 0.261 e. The number of hydrogen-bond acceptors (Lipinski definition) is 4. The predicted molar refractivity (Wildman–Crippen MR) is 59.5 cm³/mol. The van der Waals surface area contributed by atoms with E-state index in [1.54, 1.807) is 0 Å². The van der Waals surface area contributed by atoms with Crippen LogP contribution in [0, 0.1) is 13.8 Å². The normalized spacial score (nSPS) is 11.5. The van der Waals surface area contributed by atoms with Gasteiger partial charge in [0.2, 0.25) is 0 Å². The summed E-state index contributed by atoms with van der Waals surface area (Å²) in [5.74, 6) is -0.226. The average Bonchev–Trinajstić information content (AvgIpc) is 2.55. The summed E-state index contributed by atoms with van der Waals surface area (Å²) in [7, 11) is 0. The first kappa shape index (κ1) is 11.5. The van der Waals surface area contributed by atoms with Crippen LogP contribution in [0.1, 0.15) is 20.1 Å². The number of rotatable bonds is 3. The molecule has 6 heteroatoms. The van der Waals surface area contributed by atoms with Gasteiger partial charge in [0, 0.05) is 4.88 Å². The van der Waals surface area contributed by atoms with Crippen molar-refractivity contribution in [1.82, 2.24) is 5.32 Å². The van der Waals surface area contributed by atoms with Crippen molar-refractivity contribution < 1.29 is 10.0 Å². The van der Waals surface area contributed by atoms with Crippen LogP contribution < -0.4 is 11.1 Å². The molecule has 1 heterocycles. The Labute approximate surface area is 91.6 Å². The van der Waals surface area contributed by atoms with Gasteiger partial charge in [-0.3, -0.25) is 4.79 Å². The molecule has 1 rings (SSSR count). The van der Waals surface area contributed by atoms with Gasteiger partial charge < -0.3 is 16.3 Å². The highest BCUT2D eigenvalue weighted by molar-refractivity contribution is 7.14. The van der Waals surface area contributed by atoms with Gasteiger partial charge in [-0.1, -0.05) is 5.16 Å². The number of amides is 1. The standard InChI is InChI=1S/C9H13N3O2S/c1-5-3-7(15-6(5)2)9(13)11-4-8(10)12-14/h3,14H,4H2,1-2H3,(H2,10,12)(H,11,13). The summed E-state index contributed by atoms with van der Waals surface area (Å²) in [4.78, 5) is 13.3. The molecule has 0 fully saturated rings. The second-order valence-electron chi connectivity index (χ2n) is 3.12. The van der Waals surface area contributed by atoms with Gasteiger partial charge in [0.1, 0.15) is 0 Å². The van der Waals surface area contributed by atoms with Crippen molar-refractivity contribution in [1.29, 1.82) is 0 Å². The van der Waals surface area contributed by atoms with E-state index in [1.807, 2.05) is 19.9 Å². The Balaban J connectivity index is 2.62. The number of nitrogens with one attached hydrogen (secondary N) is 1. The van der Waals surface area contributed by atoms with Crippen LogP contribution >= 0.6 is 11.3 Å². The zero-order valence-corrected chi connectivity index (χ0v) is 9.39. The van der Waals surface area contributed by atoms with E-state index < -0.39 is 0 Å². The maximum Gasteiger partial charge on any atom is 0.261 e. The van der Waals surface area contributed by atoms with E-state index >= 15 is 0 Å². The summed E-state index contributed by atoms with van der Waals surface area (Å²) in [6, 6.07) is 1.82. The minimum Gasteiger partial charge on any atom is -0.409 e. The van der Waals surface area contributed by atoms with Crippen LogP contribution in [0.4, 0.5) is 0 Å². The summed E-state index contributed by atoms with van der Waals surface area (Å²) >= 11 is 1.43. The minimum atomic E-state index is -0.206. The van der Waals surface area contributed by atoms with Crippen LogP contribution in [0.3, 0.4) is 0 Å². The van der Waals surface area contributed by atoms with Crippen molar-refractivity contribution in [2.45, 2.75) is 13.8 Å². The second kappa shape index (κ2) is 4.79. The zero-order chi connectivity index (χ0) is 11.4. The topological polar surface area (TPSA) is 87.7 Å². The highest BCUT2D eigenvalue weighted by Gasteiger charge is 2.10. The van der Waals surface area contributed by atoms with Crippen LogP contribution in [0.2, 0.25) is 0 Å². The number of oxime groups is 1. The largest absolute Gasteiger partial charge is 0.409 e. The van der Waals surface area contributed by atoms with Gasteiger partial charge in [0.15, 0.2) is 5.84 Å². The van der Waals surface area contributed by atoms with Crippen LogP contribution in [0.5, 0.6) is 0 Å². The lowest BCUT2D eigenvalue weighted by molar-refractivity contribution is 0.0963. The van der Waals surface area contributed by atoms with E-state index in [1.165, 1.54) is 11.3 Å². The summed E-state index contributed by atoms with van der Waals surface area (Å²) in [6.07, 6.45) is 0. The van der Waals surface area contributed by atoms with Crippen molar-refractivity contribution in [2.24, 2.45) is 10.9 Å². The summed E-state index contributed by atoms with van der Waals surface area (Å²) in [5, 5.41) is 13.6. The Bertz CT molecular complexity index is 379. The number of thiophene rings is 1. The fourth-order valence-corrected chi connectivity index (χ4v) is 1.93. The van der Waals surface area contributed by atoms with E-state index in [4.69, 9.17) is 10.9 Å². The number of carbonyl (C=O) groups excluding carboxylic acids is 1. The first-order valence-electron chi connectivity index (χ1n) is 4.36. The Morgan fingerprint density at radius 2 is 2.33 bits per heavy atom. The molecule has 5 nitrogen and oxygen atoms in total. The van der Waals surface area contributed by atoms with Crippen LogP contribution in [0.25, 0.3) is 0 Å². The van der Waals surface area contributed by atoms with Gasteiger partial charge in [-0.15, -0.1) is 11.3 Å². The van der Waals surface area contributed by atoms with Crippen LogP contribution in [0.15, 0.2) is 11.2 Å². The lowest BCUT2D eigenvalue weighted by Crippen LogP contribution is -2.33. The third kappa shape index (κ3) is 2.95. The molecule has 4 N–H and O–H groups in total. The molecular formula is C9H13N3O2S. The van der Waals surface area contributed by atoms with E-state index in [2.05, 4.69) is 10.5 Å². The first-order chi connectivity index (χ1) is 7.04. The fraction of sp³-hybridized carbons (Fsp3) is 0.333. The molecule has 0 radical (unpaired) electrons. The van der Waals surface area contributed by atoms with Crippen LogP contribution in [-0.4, -0.2) is 23.5 Å². The highest BCUT2D eigenvalue weighted by atomic mass is 32.1. The molecular weight excluding hydrogens is 214 g/mol. The maximum absolute atomic E-state index is 11.5. The number of carbonyl (C=O) groups is 1. The monoisotopic (exact) mass is 227 g/mol. The Morgan fingerprint density at radius 1 is 1.67 bits per heavy atom. The Kier molecular flexibility index (Phi) is 3.68. The number of nitrogens with zero attached hydrogens (tertiary/aromatic N) is 1. The lowest BCUT2D eigenvalue weighted by atomic mass is 10.3. The average molecular weight is 227 g/mol. The van der Waals surface area contributed by atoms with Crippen molar-refractivity contribution in [3.63, 3.8) is 0 Å². The third-order valence-corrected chi connectivity index (χ3v) is 3.10. The molecule has 0 aromatic carbocycles. The van der Waals surface area contributed by atoms with E-state index in [9.17, 15) is 4.79 Å². The van der Waals surface area contributed by atoms with Crippen molar-refractivity contribution >= 4 is 23.1 Å². The maximum atomic E-state index is 11.5. The molecule has 15 heavy (non-hydrogen) atoms. The second-order valence-corrected chi connectivity index (χ2v) is 4.38. The molecule has 1 aromatic heterocycles. The zero-order valence-electron chi connectivity index (χ0n) is 8.57. The number of aryl methyl sites for hydroxylation is 2. The molecule has 1 aromatic rings. The molecule has 1 amide bonds. The van der Waals surface area contributed by atoms with Crippen molar-refractivity contribution in [3.8, 4) is 0 Å². The van der Waals surface area contributed by atoms with E-state index in [0.29, 0.717) is 4.88 Å². The van der Waals surface area contributed by atoms with Crippen molar-refractivity contribution in [2.75, 3.05) is 6.54 Å². The van der Waals surface area contributed by atoms with Gasteiger partial charge >= 0.3 is 0 Å². The number of nitrogens with two attached hydrogens (primary N) is 1. The molecule has 0 saturated heterocycles. The predicted octanol–water partition coefficient (Wildman–Crippen LogP) is 0.841. The molecule has 0 saturated carbocycles. The molecule has 0 aliphatic carbocycles. The molecule has 0 bridgehead atoms.